The van der Waals surface area contributed by atoms with Crippen LogP contribution in [0.4, 0.5) is 5.69 Å². The number of benzene rings is 1. The van der Waals surface area contributed by atoms with Gasteiger partial charge in [-0.3, -0.25) is 4.79 Å². The molecule has 0 aromatic heterocycles. The quantitative estimate of drug-likeness (QED) is 0.848. The van der Waals surface area contributed by atoms with Crippen LogP contribution in [0.25, 0.3) is 0 Å². The standard InChI is InChI=1S/C16H23N3O/c1-18-9-4-10-19(12-11-18)16(20)14-7-2-5-13-6-3-8-17-15(13)14/h2,5,7,17H,3-4,6,8-12H2,1H3. The minimum absolute atomic E-state index is 0.187. The average molecular weight is 273 g/mol. The molecule has 0 saturated carbocycles. The van der Waals surface area contributed by atoms with Crippen LogP contribution < -0.4 is 5.32 Å². The van der Waals surface area contributed by atoms with E-state index in [1.165, 1.54) is 5.56 Å². The molecule has 0 bridgehead atoms. The van der Waals surface area contributed by atoms with Crippen LogP contribution in [0.3, 0.4) is 0 Å². The Labute approximate surface area is 120 Å². The van der Waals surface area contributed by atoms with Gasteiger partial charge in [0, 0.05) is 26.2 Å². The number of amides is 1. The fourth-order valence-corrected chi connectivity index (χ4v) is 3.11. The fourth-order valence-electron chi connectivity index (χ4n) is 3.11. The molecule has 2 aliphatic heterocycles. The zero-order valence-electron chi connectivity index (χ0n) is 12.2. The lowest BCUT2D eigenvalue weighted by molar-refractivity contribution is 0.0763. The third-order valence-electron chi connectivity index (χ3n) is 4.31. The van der Waals surface area contributed by atoms with E-state index in [-0.39, 0.29) is 5.91 Å². The number of para-hydroxylation sites is 1. The lowest BCUT2D eigenvalue weighted by Gasteiger charge is -2.25. The second-order valence-corrected chi connectivity index (χ2v) is 5.82. The second kappa shape index (κ2) is 5.83. The lowest BCUT2D eigenvalue weighted by Crippen LogP contribution is -2.35. The number of rotatable bonds is 1. The van der Waals surface area contributed by atoms with E-state index < -0.39 is 0 Å². The maximum Gasteiger partial charge on any atom is 0.256 e. The van der Waals surface area contributed by atoms with Crippen molar-refractivity contribution < 1.29 is 4.79 Å². The van der Waals surface area contributed by atoms with E-state index in [9.17, 15) is 4.79 Å². The molecule has 1 amide bonds. The smallest absolute Gasteiger partial charge is 0.256 e. The third kappa shape index (κ3) is 2.66. The van der Waals surface area contributed by atoms with E-state index in [0.29, 0.717) is 0 Å². The number of likely N-dealkylation sites (N-methyl/N-ethyl adjacent to an activating group) is 1. The molecule has 1 aromatic rings. The van der Waals surface area contributed by atoms with Crippen LogP contribution in [0, 0.1) is 0 Å². The highest BCUT2D eigenvalue weighted by Crippen LogP contribution is 2.27. The van der Waals surface area contributed by atoms with Gasteiger partial charge in [0.1, 0.15) is 0 Å². The summed E-state index contributed by atoms with van der Waals surface area (Å²) in [5.41, 5.74) is 3.21. The van der Waals surface area contributed by atoms with Gasteiger partial charge in [0.2, 0.25) is 0 Å². The van der Waals surface area contributed by atoms with Crippen LogP contribution in [0.15, 0.2) is 18.2 Å². The summed E-state index contributed by atoms with van der Waals surface area (Å²) in [6.45, 7) is 4.72. The molecule has 2 heterocycles. The SMILES string of the molecule is CN1CCCN(C(=O)c2cccc3c2NCCC3)CC1. The van der Waals surface area contributed by atoms with Crippen molar-refractivity contribution in [2.45, 2.75) is 19.3 Å². The third-order valence-corrected chi connectivity index (χ3v) is 4.31. The molecule has 0 unspecified atom stereocenters. The van der Waals surface area contributed by atoms with Crippen LogP contribution in [-0.4, -0.2) is 55.5 Å². The highest BCUT2D eigenvalue weighted by Gasteiger charge is 2.23. The van der Waals surface area contributed by atoms with Crippen LogP contribution in [-0.2, 0) is 6.42 Å². The summed E-state index contributed by atoms with van der Waals surface area (Å²) >= 11 is 0. The van der Waals surface area contributed by atoms with Crippen molar-refractivity contribution in [3.05, 3.63) is 29.3 Å². The van der Waals surface area contributed by atoms with E-state index in [2.05, 4.69) is 23.3 Å². The molecule has 2 aliphatic rings. The summed E-state index contributed by atoms with van der Waals surface area (Å²) in [5.74, 6) is 0.187. The Balaban J connectivity index is 1.83. The Morgan fingerprint density at radius 3 is 2.95 bits per heavy atom. The van der Waals surface area contributed by atoms with E-state index >= 15 is 0 Å². The summed E-state index contributed by atoms with van der Waals surface area (Å²) in [7, 11) is 2.12. The molecule has 20 heavy (non-hydrogen) atoms. The zero-order valence-corrected chi connectivity index (χ0v) is 12.2. The Kier molecular flexibility index (Phi) is 3.92. The highest BCUT2D eigenvalue weighted by atomic mass is 16.2. The van der Waals surface area contributed by atoms with Gasteiger partial charge >= 0.3 is 0 Å². The van der Waals surface area contributed by atoms with Crippen LogP contribution >= 0.6 is 0 Å². The van der Waals surface area contributed by atoms with Gasteiger partial charge in [0.25, 0.3) is 5.91 Å². The summed E-state index contributed by atoms with van der Waals surface area (Å²) in [6.07, 6.45) is 3.29. The Bertz CT molecular complexity index is 500. The van der Waals surface area contributed by atoms with E-state index in [1.807, 2.05) is 17.0 Å². The first-order chi connectivity index (χ1) is 9.75. The van der Waals surface area contributed by atoms with Gasteiger partial charge in [0.15, 0.2) is 0 Å². The van der Waals surface area contributed by atoms with Crippen LogP contribution in [0.1, 0.15) is 28.8 Å². The first kappa shape index (κ1) is 13.4. The second-order valence-electron chi connectivity index (χ2n) is 5.82. The lowest BCUT2D eigenvalue weighted by atomic mass is 9.98. The summed E-state index contributed by atoms with van der Waals surface area (Å²) in [4.78, 5) is 17.1. The van der Waals surface area contributed by atoms with Crippen molar-refractivity contribution >= 4 is 11.6 Å². The molecule has 1 N–H and O–H groups in total. The Morgan fingerprint density at radius 2 is 2.05 bits per heavy atom. The minimum Gasteiger partial charge on any atom is -0.384 e. The fraction of sp³-hybridized carbons (Fsp3) is 0.562. The molecule has 1 saturated heterocycles. The number of anilines is 1. The van der Waals surface area contributed by atoms with Gasteiger partial charge in [-0.25, -0.2) is 0 Å². The zero-order chi connectivity index (χ0) is 13.9. The number of aryl methyl sites for hydroxylation is 1. The minimum atomic E-state index is 0.187. The summed E-state index contributed by atoms with van der Waals surface area (Å²) < 4.78 is 0. The van der Waals surface area contributed by atoms with E-state index in [1.54, 1.807) is 0 Å². The predicted molar refractivity (Wildman–Crippen MR) is 81.3 cm³/mol. The molecule has 4 nitrogen and oxygen atoms in total. The molecule has 4 heteroatoms. The van der Waals surface area contributed by atoms with Crippen molar-refractivity contribution in [3.63, 3.8) is 0 Å². The number of nitrogens with zero attached hydrogens (tertiary/aromatic N) is 2. The number of hydrogen-bond donors (Lipinski definition) is 1. The first-order valence-electron chi connectivity index (χ1n) is 7.59. The molecule has 0 atom stereocenters. The van der Waals surface area contributed by atoms with Crippen molar-refractivity contribution in [1.29, 1.82) is 0 Å². The Morgan fingerprint density at radius 1 is 1.15 bits per heavy atom. The van der Waals surface area contributed by atoms with Gasteiger partial charge in [-0.05, 0) is 44.5 Å². The van der Waals surface area contributed by atoms with E-state index in [4.69, 9.17) is 0 Å². The maximum absolute atomic E-state index is 12.8. The summed E-state index contributed by atoms with van der Waals surface area (Å²) in [5, 5.41) is 3.42. The van der Waals surface area contributed by atoms with Gasteiger partial charge in [-0.1, -0.05) is 12.1 Å². The molecule has 1 fully saturated rings. The molecule has 1 aromatic carbocycles. The molecule has 0 spiro atoms. The van der Waals surface area contributed by atoms with Crippen LogP contribution in [0.5, 0.6) is 0 Å². The molecule has 0 radical (unpaired) electrons. The van der Waals surface area contributed by atoms with Crippen molar-refractivity contribution in [2.24, 2.45) is 0 Å². The number of nitrogens with one attached hydrogen (secondary N) is 1. The normalized spacial score (nSPS) is 19.9. The Hall–Kier alpha value is -1.55. The largest absolute Gasteiger partial charge is 0.384 e. The van der Waals surface area contributed by atoms with Gasteiger partial charge < -0.3 is 15.1 Å². The molecular weight excluding hydrogens is 250 g/mol. The van der Waals surface area contributed by atoms with Crippen LogP contribution in [0.2, 0.25) is 0 Å². The highest BCUT2D eigenvalue weighted by molar-refractivity contribution is 6.00. The van der Waals surface area contributed by atoms with Gasteiger partial charge in [-0.15, -0.1) is 0 Å². The topological polar surface area (TPSA) is 35.6 Å². The average Bonchev–Trinajstić information content (AvgIpc) is 2.71. The van der Waals surface area contributed by atoms with Gasteiger partial charge in [0.05, 0.1) is 11.3 Å². The monoisotopic (exact) mass is 273 g/mol. The van der Waals surface area contributed by atoms with Crippen molar-refractivity contribution in [2.75, 3.05) is 45.1 Å². The molecular formula is C16H23N3O. The van der Waals surface area contributed by atoms with Crippen molar-refractivity contribution in [1.82, 2.24) is 9.80 Å². The number of carbonyl (C=O) groups is 1. The molecule has 0 aliphatic carbocycles. The number of carbonyl (C=O) groups excluding carboxylic acids is 1. The number of fused-ring (bicyclic) bond motifs is 1. The first-order valence-corrected chi connectivity index (χ1v) is 7.59. The maximum atomic E-state index is 12.8. The number of hydrogen-bond acceptors (Lipinski definition) is 3. The summed E-state index contributed by atoms with van der Waals surface area (Å²) in [6, 6.07) is 6.12. The van der Waals surface area contributed by atoms with E-state index in [0.717, 1.165) is 63.2 Å². The predicted octanol–water partition coefficient (Wildman–Crippen LogP) is 1.82. The molecule has 108 valence electrons. The van der Waals surface area contributed by atoms with Crippen molar-refractivity contribution in [3.8, 4) is 0 Å². The molecule has 3 rings (SSSR count). The van der Waals surface area contributed by atoms with Gasteiger partial charge in [-0.2, -0.15) is 0 Å².